The SMILES string of the molecule is CCCNCC1CCCOC1c1ccc(OC)nc1. The Balaban J connectivity index is 2.00. The van der Waals surface area contributed by atoms with Crippen molar-refractivity contribution in [3.63, 3.8) is 0 Å². The molecule has 1 aromatic rings. The van der Waals surface area contributed by atoms with Crippen LogP contribution in [0.2, 0.25) is 0 Å². The molecule has 0 bridgehead atoms. The Morgan fingerprint density at radius 1 is 1.47 bits per heavy atom. The second-order valence-electron chi connectivity index (χ2n) is 5.03. The Kier molecular flexibility index (Phi) is 5.61. The van der Waals surface area contributed by atoms with E-state index in [0.717, 1.165) is 31.7 Å². The van der Waals surface area contributed by atoms with Gasteiger partial charge in [0.1, 0.15) is 0 Å². The maximum absolute atomic E-state index is 5.96. The molecule has 1 aliphatic heterocycles. The van der Waals surface area contributed by atoms with Gasteiger partial charge in [0.05, 0.1) is 13.2 Å². The monoisotopic (exact) mass is 264 g/mol. The van der Waals surface area contributed by atoms with E-state index in [1.54, 1.807) is 7.11 Å². The van der Waals surface area contributed by atoms with Crippen LogP contribution < -0.4 is 10.1 Å². The summed E-state index contributed by atoms with van der Waals surface area (Å²) in [6.07, 6.45) is 5.58. The van der Waals surface area contributed by atoms with Crippen LogP contribution in [-0.4, -0.2) is 31.8 Å². The topological polar surface area (TPSA) is 43.4 Å². The Morgan fingerprint density at radius 2 is 2.37 bits per heavy atom. The van der Waals surface area contributed by atoms with E-state index in [2.05, 4.69) is 23.3 Å². The number of nitrogens with one attached hydrogen (secondary N) is 1. The highest BCUT2D eigenvalue weighted by Crippen LogP contribution is 2.33. The number of rotatable bonds is 6. The average molecular weight is 264 g/mol. The summed E-state index contributed by atoms with van der Waals surface area (Å²) in [6.45, 7) is 5.13. The second kappa shape index (κ2) is 7.46. The van der Waals surface area contributed by atoms with E-state index in [1.165, 1.54) is 12.8 Å². The van der Waals surface area contributed by atoms with Crippen molar-refractivity contribution in [2.45, 2.75) is 32.3 Å². The smallest absolute Gasteiger partial charge is 0.212 e. The Morgan fingerprint density at radius 3 is 3.05 bits per heavy atom. The van der Waals surface area contributed by atoms with Gasteiger partial charge in [-0.05, 0) is 37.4 Å². The first-order valence-corrected chi connectivity index (χ1v) is 7.17. The summed E-state index contributed by atoms with van der Waals surface area (Å²) in [6, 6.07) is 3.97. The fourth-order valence-electron chi connectivity index (χ4n) is 2.57. The molecule has 1 aliphatic rings. The van der Waals surface area contributed by atoms with Gasteiger partial charge in [-0.15, -0.1) is 0 Å². The zero-order valence-corrected chi connectivity index (χ0v) is 11.9. The third-order valence-electron chi connectivity index (χ3n) is 3.58. The van der Waals surface area contributed by atoms with Crippen LogP contribution in [0, 0.1) is 5.92 Å². The largest absolute Gasteiger partial charge is 0.481 e. The summed E-state index contributed by atoms with van der Waals surface area (Å²) in [7, 11) is 1.64. The molecule has 0 spiro atoms. The fraction of sp³-hybridized carbons (Fsp3) is 0.667. The molecular weight excluding hydrogens is 240 g/mol. The first-order chi connectivity index (χ1) is 9.35. The highest BCUT2D eigenvalue weighted by atomic mass is 16.5. The summed E-state index contributed by atoms with van der Waals surface area (Å²) in [5, 5.41) is 3.50. The second-order valence-corrected chi connectivity index (χ2v) is 5.03. The van der Waals surface area contributed by atoms with Crippen molar-refractivity contribution in [1.29, 1.82) is 0 Å². The number of hydrogen-bond donors (Lipinski definition) is 1. The van der Waals surface area contributed by atoms with Gasteiger partial charge in [-0.3, -0.25) is 0 Å². The lowest BCUT2D eigenvalue weighted by Crippen LogP contribution is -2.32. The number of ether oxygens (including phenoxy) is 2. The molecule has 0 amide bonds. The van der Waals surface area contributed by atoms with Crippen LogP contribution in [0.25, 0.3) is 0 Å². The molecule has 1 saturated heterocycles. The zero-order valence-electron chi connectivity index (χ0n) is 11.9. The van der Waals surface area contributed by atoms with Crippen LogP contribution in [0.15, 0.2) is 18.3 Å². The van der Waals surface area contributed by atoms with Gasteiger partial charge in [-0.1, -0.05) is 6.92 Å². The van der Waals surface area contributed by atoms with Gasteiger partial charge >= 0.3 is 0 Å². The number of aromatic nitrogens is 1. The molecule has 2 unspecified atom stereocenters. The van der Waals surface area contributed by atoms with Gasteiger partial charge in [0, 0.05) is 31.3 Å². The van der Waals surface area contributed by atoms with Gasteiger partial charge in [0.15, 0.2) is 0 Å². The zero-order chi connectivity index (χ0) is 13.5. The summed E-state index contributed by atoms with van der Waals surface area (Å²) in [5.74, 6) is 1.19. The lowest BCUT2D eigenvalue weighted by Gasteiger charge is -2.32. The molecule has 4 heteroatoms. The third kappa shape index (κ3) is 3.91. The van der Waals surface area contributed by atoms with Crippen LogP contribution >= 0.6 is 0 Å². The van der Waals surface area contributed by atoms with Gasteiger partial charge in [0.25, 0.3) is 0 Å². The number of pyridine rings is 1. The summed E-state index contributed by atoms with van der Waals surface area (Å²) < 4.78 is 11.1. The van der Waals surface area contributed by atoms with Crippen molar-refractivity contribution in [2.24, 2.45) is 5.92 Å². The van der Waals surface area contributed by atoms with E-state index in [4.69, 9.17) is 9.47 Å². The quantitative estimate of drug-likeness (QED) is 0.802. The van der Waals surface area contributed by atoms with Crippen molar-refractivity contribution in [3.8, 4) is 5.88 Å². The van der Waals surface area contributed by atoms with Crippen LogP contribution in [-0.2, 0) is 4.74 Å². The van der Waals surface area contributed by atoms with E-state index >= 15 is 0 Å². The molecule has 4 nitrogen and oxygen atoms in total. The van der Waals surface area contributed by atoms with Crippen molar-refractivity contribution >= 4 is 0 Å². The highest BCUT2D eigenvalue weighted by molar-refractivity contribution is 5.20. The molecule has 106 valence electrons. The van der Waals surface area contributed by atoms with Crippen molar-refractivity contribution in [2.75, 3.05) is 26.8 Å². The van der Waals surface area contributed by atoms with Crippen LogP contribution in [0.1, 0.15) is 37.9 Å². The van der Waals surface area contributed by atoms with Crippen LogP contribution in [0.3, 0.4) is 0 Å². The summed E-state index contributed by atoms with van der Waals surface area (Å²) >= 11 is 0. The Labute approximate surface area is 115 Å². The minimum atomic E-state index is 0.163. The lowest BCUT2D eigenvalue weighted by molar-refractivity contribution is -0.0279. The Hall–Kier alpha value is -1.13. The maximum atomic E-state index is 5.96. The summed E-state index contributed by atoms with van der Waals surface area (Å²) in [5.41, 5.74) is 1.16. The van der Waals surface area contributed by atoms with Crippen molar-refractivity contribution in [3.05, 3.63) is 23.9 Å². The lowest BCUT2D eigenvalue weighted by atomic mass is 9.90. The van der Waals surface area contributed by atoms with E-state index in [9.17, 15) is 0 Å². The first kappa shape index (κ1) is 14.3. The minimum absolute atomic E-state index is 0.163. The van der Waals surface area contributed by atoms with Crippen LogP contribution in [0.5, 0.6) is 5.88 Å². The molecule has 2 heterocycles. The average Bonchev–Trinajstić information content (AvgIpc) is 2.48. The molecular formula is C15H24N2O2. The van der Waals surface area contributed by atoms with Gasteiger partial charge in [-0.2, -0.15) is 0 Å². The van der Waals surface area contributed by atoms with E-state index in [-0.39, 0.29) is 6.10 Å². The summed E-state index contributed by atoms with van der Waals surface area (Å²) in [4.78, 5) is 4.28. The standard InChI is InChI=1S/C15H24N2O2/c1-3-8-16-10-12-5-4-9-19-15(12)13-6-7-14(18-2)17-11-13/h6-7,11-12,15-16H,3-5,8-10H2,1-2H3. The molecule has 1 aromatic heterocycles. The maximum Gasteiger partial charge on any atom is 0.212 e. The van der Waals surface area contributed by atoms with Gasteiger partial charge in [-0.25, -0.2) is 4.98 Å². The molecule has 0 aromatic carbocycles. The van der Waals surface area contributed by atoms with E-state index in [1.807, 2.05) is 12.3 Å². The number of nitrogens with zero attached hydrogens (tertiary/aromatic N) is 1. The molecule has 0 aliphatic carbocycles. The molecule has 0 radical (unpaired) electrons. The molecule has 2 rings (SSSR count). The molecule has 1 fully saturated rings. The third-order valence-corrected chi connectivity index (χ3v) is 3.58. The number of methoxy groups -OCH3 is 1. The molecule has 19 heavy (non-hydrogen) atoms. The molecule has 0 saturated carbocycles. The van der Waals surface area contributed by atoms with E-state index in [0.29, 0.717) is 11.8 Å². The Bertz CT molecular complexity index is 367. The predicted octanol–water partition coefficient (Wildman–Crippen LogP) is 2.56. The van der Waals surface area contributed by atoms with Gasteiger partial charge < -0.3 is 14.8 Å². The van der Waals surface area contributed by atoms with E-state index < -0.39 is 0 Å². The van der Waals surface area contributed by atoms with Gasteiger partial charge in [0.2, 0.25) is 5.88 Å². The molecule has 1 N–H and O–H groups in total. The van der Waals surface area contributed by atoms with Crippen molar-refractivity contribution in [1.82, 2.24) is 10.3 Å². The first-order valence-electron chi connectivity index (χ1n) is 7.17. The molecule has 2 atom stereocenters. The number of hydrogen-bond acceptors (Lipinski definition) is 4. The normalized spacial score (nSPS) is 23.3. The van der Waals surface area contributed by atoms with Crippen LogP contribution in [0.4, 0.5) is 0 Å². The minimum Gasteiger partial charge on any atom is -0.481 e. The fourth-order valence-corrected chi connectivity index (χ4v) is 2.57. The predicted molar refractivity (Wildman–Crippen MR) is 75.4 cm³/mol. The highest BCUT2D eigenvalue weighted by Gasteiger charge is 2.27. The van der Waals surface area contributed by atoms with Crippen molar-refractivity contribution < 1.29 is 9.47 Å².